The van der Waals surface area contributed by atoms with Crippen LogP contribution in [0.2, 0.25) is 0 Å². The van der Waals surface area contributed by atoms with E-state index in [1.54, 1.807) is 6.07 Å². The Balaban J connectivity index is 1.37. The highest BCUT2D eigenvalue weighted by Crippen LogP contribution is 2.33. The van der Waals surface area contributed by atoms with Crippen molar-refractivity contribution in [1.82, 2.24) is 25.1 Å². The maximum absolute atomic E-state index is 12.8. The summed E-state index contributed by atoms with van der Waals surface area (Å²) in [6.45, 7) is 3.77. The lowest BCUT2D eigenvalue weighted by molar-refractivity contribution is -0.133. The fourth-order valence-electron chi connectivity index (χ4n) is 4.98. The molecule has 0 saturated heterocycles. The molecule has 1 aliphatic heterocycles. The molecule has 2 aromatic carbocycles. The molecule has 4 aromatic rings. The summed E-state index contributed by atoms with van der Waals surface area (Å²) >= 11 is 0. The fraction of sp³-hybridized carbons (Fsp3) is 0.370. The lowest BCUT2D eigenvalue weighted by Crippen LogP contribution is -2.45. The Hall–Kier alpha value is -3.69. The molecule has 1 aliphatic rings. The van der Waals surface area contributed by atoms with Crippen molar-refractivity contribution in [3.05, 3.63) is 53.3 Å². The highest BCUT2D eigenvalue weighted by molar-refractivity contribution is 5.94. The molecular weight excluding hydrogens is 454 g/mol. The number of fused-ring (bicyclic) bond motifs is 2. The number of rotatable bonds is 8. The average molecular weight is 488 g/mol. The molecule has 0 saturated carbocycles. The third-order valence-corrected chi connectivity index (χ3v) is 7.00. The lowest BCUT2D eigenvalue weighted by atomic mass is 9.97. The number of carbonyl (C=O) groups is 1. The first-order valence-corrected chi connectivity index (χ1v) is 12.6. The number of phenols is 1. The van der Waals surface area contributed by atoms with Crippen LogP contribution in [0.3, 0.4) is 0 Å². The molecule has 2 aromatic heterocycles. The van der Waals surface area contributed by atoms with Crippen molar-refractivity contribution in [1.29, 1.82) is 0 Å². The SMILES string of the molecule is CCc1cc(O)ccc1-c1ccc2c(-c3nc4c([nH]3)CN(C(=O)[C@@H](N)CCCCN)CC4)n[nH]c2c1. The molecule has 7 N–H and O–H groups in total. The van der Waals surface area contributed by atoms with E-state index in [-0.39, 0.29) is 11.7 Å². The number of H-pyrrole nitrogens is 2. The topological polar surface area (TPSA) is 150 Å². The quantitative estimate of drug-likeness (QED) is 0.241. The zero-order chi connectivity index (χ0) is 25.2. The molecule has 36 heavy (non-hydrogen) atoms. The van der Waals surface area contributed by atoms with Gasteiger partial charge in [0, 0.05) is 18.4 Å². The molecule has 0 aliphatic carbocycles. The predicted molar refractivity (Wildman–Crippen MR) is 140 cm³/mol. The second-order valence-electron chi connectivity index (χ2n) is 9.44. The van der Waals surface area contributed by atoms with E-state index in [4.69, 9.17) is 16.5 Å². The summed E-state index contributed by atoms with van der Waals surface area (Å²) in [6, 6.07) is 11.2. The Kier molecular flexibility index (Phi) is 6.75. The number of aromatic nitrogens is 4. The molecule has 3 heterocycles. The van der Waals surface area contributed by atoms with Gasteiger partial charge in [-0.3, -0.25) is 9.89 Å². The second kappa shape index (κ2) is 10.1. The number of aryl methyl sites for hydroxylation is 1. The summed E-state index contributed by atoms with van der Waals surface area (Å²) in [6.07, 6.45) is 3.89. The van der Waals surface area contributed by atoms with Gasteiger partial charge in [-0.1, -0.05) is 25.5 Å². The highest BCUT2D eigenvalue weighted by atomic mass is 16.3. The van der Waals surface area contributed by atoms with Crippen molar-refractivity contribution in [2.24, 2.45) is 11.5 Å². The van der Waals surface area contributed by atoms with Gasteiger partial charge in [0.2, 0.25) is 5.91 Å². The minimum absolute atomic E-state index is 0.0211. The van der Waals surface area contributed by atoms with E-state index in [0.717, 1.165) is 63.9 Å². The number of amides is 1. The number of aromatic amines is 2. The zero-order valence-electron chi connectivity index (χ0n) is 20.6. The molecule has 188 valence electrons. The number of imidazole rings is 1. The van der Waals surface area contributed by atoms with Gasteiger partial charge in [-0.15, -0.1) is 0 Å². The predicted octanol–water partition coefficient (Wildman–Crippen LogP) is 3.23. The van der Waals surface area contributed by atoms with Gasteiger partial charge in [-0.05, 0) is 66.8 Å². The van der Waals surface area contributed by atoms with Gasteiger partial charge in [-0.25, -0.2) is 4.98 Å². The van der Waals surface area contributed by atoms with E-state index >= 15 is 0 Å². The highest BCUT2D eigenvalue weighted by Gasteiger charge is 2.27. The lowest BCUT2D eigenvalue weighted by Gasteiger charge is -2.28. The summed E-state index contributed by atoms with van der Waals surface area (Å²) in [4.78, 5) is 22.9. The minimum atomic E-state index is -0.494. The van der Waals surface area contributed by atoms with Crippen LogP contribution in [-0.2, 0) is 24.2 Å². The summed E-state index contributed by atoms with van der Waals surface area (Å²) < 4.78 is 0. The number of nitrogens with one attached hydrogen (secondary N) is 2. The van der Waals surface area contributed by atoms with Crippen LogP contribution in [0.25, 0.3) is 33.5 Å². The van der Waals surface area contributed by atoms with E-state index < -0.39 is 6.04 Å². The van der Waals surface area contributed by atoms with Gasteiger partial charge in [0.25, 0.3) is 0 Å². The van der Waals surface area contributed by atoms with Crippen LogP contribution in [0.4, 0.5) is 0 Å². The monoisotopic (exact) mass is 487 g/mol. The number of benzene rings is 2. The molecule has 1 amide bonds. The second-order valence-corrected chi connectivity index (χ2v) is 9.44. The number of unbranched alkanes of at least 4 members (excludes halogenated alkanes) is 1. The van der Waals surface area contributed by atoms with E-state index in [0.29, 0.717) is 38.3 Å². The Morgan fingerprint density at radius 1 is 1.22 bits per heavy atom. The molecule has 9 heteroatoms. The molecule has 0 bridgehead atoms. The van der Waals surface area contributed by atoms with Crippen LogP contribution in [0.5, 0.6) is 5.75 Å². The number of hydrogen-bond acceptors (Lipinski definition) is 6. The summed E-state index contributed by atoms with van der Waals surface area (Å²) in [5.74, 6) is 0.947. The maximum Gasteiger partial charge on any atom is 0.239 e. The van der Waals surface area contributed by atoms with Crippen molar-refractivity contribution in [2.75, 3.05) is 13.1 Å². The average Bonchev–Trinajstić information content (AvgIpc) is 3.51. The van der Waals surface area contributed by atoms with Crippen LogP contribution in [0.15, 0.2) is 36.4 Å². The number of carbonyl (C=O) groups excluding carboxylic acids is 1. The van der Waals surface area contributed by atoms with Crippen LogP contribution in [-0.4, -0.2) is 55.2 Å². The minimum Gasteiger partial charge on any atom is -0.508 e. The Bertz CT molecular complexity index is 1390. The summed E-state index contributed by atoms with van der Waals surface area (Å²) in [7, 11) is 0. The molecule has 0 fully saturated rings. The standard InChI is InChI=1S/C27H33N7O2/c1-2-16-13-18(35)7-9-19(16)17-6-8-20-23(14-17)32-33-25(20)26-30-22-10-12-34(15-24(22)31-26)27(36)21(29)5-3-4-11-28/h6-9,13-14,21,35H,2-5,10-12,15,28-29H2,1H3,(H,30,31)(H,32,33)/t21-/m0/s1. The van der Waals surface area contributed by atoms with Crippen LogP contribution < -0.4 is 11.5 Å². The van der Waals surface area contributed by atoms with E-state index in [2.05, 4.69) is 34.2 Å². The largest absolute Gasteiger partial charge is 0.508 e. The Morgan fingerprint density at radius 3 is 2.89 bits per heavy atom. The third-order valence-electron chi connectivity index (χ3n) is 7.00. The van der Waals surface area contributed by atoms with Crippen molar-refractivity contribution in [2.45, 2.75) is 51.6 Å². The molecular formula is C27H33N7O2. The zero-order valence-corrected chi connectivity index (χ0v) is 20.6. The van der Waals surface area contributed by atoms with Crippen LogP contribution in [0, 0.1) is 0 Å². The van der Waals surface area contributed by atoms with Crippen molar-refractivity contribution in [3.63, 3.8) is 0 Å². The summed E-state index contributed by atoms with van der Waals surface area (Å²) in [5.41, 5.74) is 18.5. The van der Waals surface area contributed by atoms with Crippen LogP contribution in [0.1, 0.15) is 43.1 Å². The van der Waals surface area contributed by atoms with Crippen LogP contribution >= 0.6 is 0 Å². The normalized spacial score (nSPS) is 14.2. The van der Waals surface area contributed by atoms with Gasteiger partial charge in [0.15, 0.2) is 5.82 Å². The molecule has 0 unspecified atom stereocenters. The number of nitrogens with zero attached hydrogens (tertiary/aromatic N) is 3. The first-order valence-electron chi connectivity index (χ1n) is 12.6. The van der Waals surface area contributed by atoms with Crippen molar-refractivity contribution >= 4 is 16.8 Å². The third kappa shape index (κ3) is 4.59. The number of phenolic OH excluding ortho intramolecular Hbond substituents is 1. The smallest absolute Gasteiger partial charge is 0.239 e. The number of nitrogens with two attached hydrogens (primary N) is 2. The first-order chi connectivity index (χ1) is 17.5. The molecule has 5 rings (SSSR count). The molecule has 1 atom stereocenters. The van der Waals surface area contributed by atoms with Gasteiger partial charge < -0.3 is 26.5 Å². The Labute approximate surface area is 209 Å². The van der Waals surface area contributed by atoms with Gasteiger partial charge in [0.1, 0.15) is 11.4 Å². The summed E-state index contributed by atoms with van der Waals surface area (Å²) in [5, 5.41) is 18.5. The van der Waals surface area contributed by atoms with Gasteiger partial charge in [0.05, 0.1) is 29.5 Å². The fourth-order valence-corrected chi connectivity index (χ4v) is 4.98. The van der Waals surface area contributed by atoms with E-state index in [1.807, 2.05) is 23.1 Å². The van der Waals surface area contributed by atoms with Crippen molar-refractivity contribution in [3.8, 4) is 28.4 Å². The first kappa shape index (κ1) is 24.0. The Morgan fingerprint density at radius 2 is 2.08 bits per heavy atom. The van der Waals surface area contributed by atoms with Gasteiger partial charge >= 0.3 is 0 Å². The van der Waals surface area contributed by atoms with Crippen molar-refractivity contribution < 1.29 is 9.90 Å². The molecule has 0 spiro atoms. The maximum atomic E-state index is 12.8. The number of hydrogen-bond donors (Lipinski definition) is 5. The number of aromatic hydroxyl groups is 1. The van der Waals surface area contributed by atoms with E-state index in [1.165, 1.54) is 0 Å². The van der Waals surface area contributed by atoms with E-state index in [9.17, 15) is 9.90 Å². The molecule has 0 radical (unpaired) electrons. The van der Waals surface area contributed by atoms with Gasteiger partial charge in [-0.2, -0.15) is 5.10 Å². The molecule has 9 nitrogen and oxygen atoms in total.